The summed E-state index contributed by atoms with van der Waals surface area (Å²) in [6.07, 6.45) is 0.569. The molecule has 3 spiro atoms. The Morgan fingerprint density at radius 1 is 1.23 bits per heavy atom. The predicted octanol–water partition coefficient (Wildman–Crippen LogP) is 1.02. The molecule has 6 fully saturated rings. The summed E-state index contributed by atoms with van der Waals surface area (Å²) in [4.78, 5) is 12.6. The highest BCUT2D eigenvalue weighted by atomic mass is 16.6. The van der Waals surface area contributed by atoms with Crippen molar-refractivity contribution in [3.63, 3.8) is 0 Å². The Morgan fingerprint density at radius 3 is 2.68 bits per heavy atom. The van der Waals surface area contributed by atoms with Gasteiger partial charge < -0.3 is 19.3 Å². The Kier molecular flexibility index (Phi) is 1.61. The Labute approximate surface area is 129 Å². The number of esters is 1. The van der Waals surface area contributed by atoms with Gasteiger partial charge in [0.25, 0.3) is 0 Å². The van der Waals surface area contributed by atoms with E-state index in [0.29, 0.717) is 0 Å². The van der Waals surface area contributed by atoms with E-state index >= 15 is 0 Å². The first-order valence-electron chi connectivity index (χ1n) is 8.45. The van der Waals surface area contributed by atoms with Crippen LogP contribution in [-0.2, 0) is 19.0 Å². The van der Waals surface area contributed by atoms with Gasteiger partial charge in [-0.2, -0.15) is 0 Å². The van der Waals surface area contributed by atoms with Crippen molar-refractivity contribution in [1.82, 2.24) is 0 Å². The fraction of sp³-hybridized carbons (Fsp3) is 0.941. The van der Waals surface area contributed by atoms with E-state index in [-0.39, 0.29) is 29.5 Å². The third-order valence-electron chi connectivity index (χ3n) is 8.44. The Morgan fingerprint density at radius 2 is 1.95 bits per heavy atom. The van der Waals surface area contributed by atoms with Crippen molar-refractivity contribution in [3.8, 4) is 0 Å². The van der Waals surface area contributed by atoms with Gasteiger partial charge in [-0.1, -0.05) is 6.92 Å². The Bertz CT molecular complexity index is 659. The van der Waals surface area contributed by atoms with Gasteiger partial charge in [0.2, 0.25) is 0 Å². The van der Waals surface area contributed by atoms with Crippen LogP contribution in [0.5, 0.6) is 0 Å². The van der Waals surface area contributed by atoms with Gasteiger partial charge >= 0.3 is 5.97 Å². The topological polar surface area (TPSA) is 68.3 Å². The number of fused-ring (bicyclic) bond motifs is 1. The first-order valence-corrected chi connectivity index (χ1v) is 8.45. The van der Waals surface area contributed by atoms with E-state index in [0.717, 1.165) is 12.8 Å². The highest BCUT2D eigenvalue weighted by Crippen LogP contribution is 2.90. The van der Waals surface area contributed by atoms with Crippen molar-refractivity contribution < 1.29 is 24.1 Å². The molecule has 0 aromatic carbocycles. The molecule has 3 heterocycles. The molecular weight excluding hydrogens is 284 g/mol. The zero-order valence-corrected chi connectivity index (χ0v) is 13.4. The average Bonchev–Trinajstić information content (AvgIpc) is 2.94. The summed E-state index contributed by atoms with van der Waals surface area (Å²) in [5.74, 6) is 0.0310. The molecule has 6 aliphatic rings. The lowest BCUT2D eigenvalue weighted by Gasteiger charge is -2.65. The molecule has 120 valence electrons. The molecule has 9 atom stereocenters. The molecule has 0 radical (unpaired) electrons. The molecule has 22 heavy (non-hydrogen) atoms. The van der Waals surface area contributed by atoms with Gasteiger partial charge in [-0.25, -0.2) is 0 Å². The molecule has 2 bridgehead atoms. The zero-order chi connectivity index (χ0) is 15.5. The molecule has 0 aromatic rings. The van der Waals surface area contributed by atoms with E-state index in [1.165, 1.54) is 0 Å². The number of epoxide rings is 1. The second-order valence-corrected chi connectivity index (χ2v) is 9.24. The smallest absolute Gasteiger partial charge is 0.313 e. The van der Waals surface area contributed by atoms with Crippen LogP contribution in [0.15, 0.2) is 0 Å². The molecular formula is C17H22O5. The minimum atomic E-state index is -0.675. The Hall–Kier alpha value is -0.650. The highest BCUT2D eigenvalue weighted by molar-refractivity contribution is 5.86. The summed E-state index contributed by atoms with van der Waals surface area (Å²) < 4.78 is 18.6. The SMILES string of the molecule is CC1C2C(O)C3OC(=O)C4(C)C[C@@]56O[C@@H]5CC1(OC2(C)C)C346. The standard InChI is InChI=1S/C17H22O5/c1-7-9-10(18)11-17-14(4,12(19)20-11)6-16(17)8(21-16)5-15(7,17)22-13(9,2)3/h7-11,18H,5-6H2,1-4H3/t7?,8-,9?,10?,11?,14?,15?,16-,17?/m1/s1. The van der Waals surface area contributed by atoms with Crippen LogP contribution in [0.2, 0.25) is 0 Å². The summed E-state index contributed by atoms with van der Waals surface area (Å²) in [5, 5.41) is 11.1. The third kappa shape index (κ3) is 0.764. The molecule has 6 rings (SSSR count). The fourth-order valence-electron chi connectivity index (χ4n) is 8.13. The van der Waals surface area contributed by atoms with E-state index in [9.17, 15) is 9.90 Å². The van der Waals surface area contributed by atoms with Crippen molar-refractivity contribution in [3.05, 3.63) is 0 Å². The van der Waals surface area contributed by atoms with E-state index in [1.807, 2.05) is 6.92 Å². The molecule has 3 saturated carbocycles. The number of hydrogen-bond donors (Lipinski definition) is 1. The summed E-state index contributed by atoms with van der Waals surface area (Å²) in [6.45, 7) is 8.33. The molecule has 3 saturated heterocycles. The number of ether oxygens (including phenoxy) is 3. The van der Waals surface area contributed by atoms with E-state index in [2.05, 4.69) is 20.8 Å². The molecule has 3 aliphatic carbocycles. The number of hydrogen-bond acceptors (Lipinski definition) is 5. The van der Waals surface area contributed by atoms with Gasteiger partial charge in [-0.3, -0.25) is 4.79 Å². The van der Waals surface area contributed by atoms with Crippen molar-refractivity contribution in [1.29, 1.82) is 0 Å². The Balaban J connectivity index is 1.69. The van der Waals surface area contributed by atoms with Gasteiger partial charge in [-0.05, 0) is 33.1 Å². The highest BCUT2D eigenvalue weighted by Gasteiger charge is 3.03. The normalized spacial score (nSPS) is 71.3. The molecule has 5 nitrogen and oxygen atoms in total. The fourth-order valence-corrected chi connectivity index (χ4v) is 8.13. The van der Waals surface area contributed by atoms with Crippen LogP contribution in [0.3, 0.4) is 0 Å². The lowest BCUT2D eigenvalue weighted by Crippen LogP contribution is -2.77. The van der Waals surface area contributed by atoms with E-state index in [1.54, 1.807) is 0 Å². The van der Waals surface area contributed by atoms with Gasteiger partial charge in [-0.15, -0.1) is 0 Å². The van der Waals surface area contributed by atoms with Crippen molar-refractivity contribution >= 4 is 5.97 Å². The van der Waals surface area contributed by atoms with Crippen LogP contribution in [-0.4, -0.2) is 46.2 Å². The van der Waals surface area contributed by atoms with E-state index < -0.39 is 34.2 Å². The van der Waals surface area contributed by atoms with Gasteiger partial charge in [0.1, 0.15) is 11.7 Å². The largest absolute Gasteiger partial charge is 0.458 e. The second-order valence-electron chi connectivity index (χ2n) is 9.24. The summed E-state index contributed by atoms with van der Waals surface area (Å²) in [7, 11) is 0. The number of rotatable bonds is 0. The molecule has 1 N–H and O–H groups in total. The van der Waals surface area contributed by atoms with Crippen LogP contribution in [0.25, 0.3) is 0 Å². The lowest BCUT2D eigenvalue weighted by atomic mass is 9.36. The predicted molar refractivity (Wildman–Crippen MR) is 73.8 cm³/mol. The maximum atomic E-state index is 12.6. The first kappa shape index (κ1) is 12.7. The van der Waals surface area contributed by atoms with Crippen LogP contribution < -0.4 is 0 Å². The summed E-state index contributed by atoms with van der Waals surface area (Å²) in [6, 6.07) is 0. The maximum Gasteiger partial charge on any atom is 0.313 e. The van der Waals surface area contributed by atoms with Gasteiger partial charge in [0.15, 0.2) is 0 Å². The van der Waals surface area contributed by atoms with Crippen molar-refractivity contribution in [2.45, 2.75) is 75.7 Å². The second kappa shape index (κ2) is 2.78. The minimum Gasteiger partial charge on any atom is -0.458 e. The number of aliphatic hydroxyl groups excluding tert-OH is 1. The van der Waals surface area contributed by atoms with Crippen molar-refractivity contribution in [2.24, 2.45) is 22.7 Å². The number of carbonyl (C=O) groups excluding carboxylic acids is 1. The number of carbonyl (C=O) groups is 1. The molecule has 3 aliphatic heterocycles. The van der Waals surface area contributed by atoms with Crippen molar-refractivity contribution in [2.75, 3.05) is 0 Å². The molecule has 0 aromatic heterocycles. The first-order chi connectivity index (χ1) is 10.2. The lowest BCUT2D eigenvalue weighted by molar-refractivity contribution is -0.286. The summed E-state index contributed by atoms with van der Waals surface area (Å²) in [5.41, 5.74) is -2.17. The maximum absolute atomic E-state index is 12.6. The number of aliphatic hydroxyl groups is 1. The molecule has 7 unspecified atom stereocenters. The monoisotopic (exact) mass is 306 g/mol. The van der Waals surface area contributed by atoms with Crippen LogP contribution >= 0.6 is 0 Å². The van der Waals surface area contributed by atoms with Crippen LogP contribution in [0, 0.1) is 22.7 Å². The van der Waals surface area contributed by atoms with E-state index in [4.69, 9.17) is 14.2 Å². The average molecular weight is 306 g/mol. The molecule has 5 heteroatoms. The quantitative estimate of drug-likeness (QED) is 0.535. The van der Waals surface area contributed by atoms with Crippen LogP contribution in [0.4, 0.5) is 0 Å². The minimum absolute atomic E-state index is 0.00609. The van der Waals surface area contributed by atoms with Gasteiger partial charge in [0.05, 0.1) is 34.2 Å². The summed E-state index contributed by atoms with van der Waals surface area (Å²) >= 11 is 0. The van der Waals surface area contributed by atoms with Crippen LogP contribution in [0.1, 0.15) is 40.5 Å². The third-order valence-corrected chi connectivity index (χ3v) is 8.44. The zero-order valence-electron chi connectivity index (χ0n) is 13.4. The molecule has 0 amide bonds. The van der Waals surface area contributed by atoms with Gasteiger partial charge in [0, 0.05) is 12.3 Å².